The molecule has 0 unspecified atom stereocenters. The van der Waals surface area contributed by atoms with E-state index in [1.165, 1.54) is 12.1 Å². The average Bonchev–Trinajstić information content (AvgIpc) is 2.84. The molecule has 0 bridgehead atoms. The zero-order chi connectivity index (χ0) is 17.6. The summed E-state index contributed by atoms with van der Waals surface area (Å²) in [6.45, 7) is 4.87. The molecular weight excluding hydrogens is 338 g/mol. The Balaban J connectivity index is 1.91. The molecule has 1 aromatic heterocycles. The van der Waals surface area contributed by atoms with Crippen LogP contribution < -0.4 is 4.57 Å². The van der Waals surface area contributed by atoms with Gasteiger partial charge in [-0.3, -0.25) is 4.55 Å². The van der Waals surface area contributed by atoms with Gasteiger partial charge in [0.05, 0.1) is 38.2 Å². The first kappa shape index (κ1) is 18.8. The SMILES string of the molecule is COCCOCCOCC[n+]1c(C)oc2cc(S(=O)(=O)O)ccc21. The van der Waals surface area contributed by atoms with E-state index in [1.807, 2.05) is 4.57 Å². The van der Waals surface area contributed by atoms with E-state index in [0.717, 1.165) is 5.52 Å². The maximum atomic E-state index is 11.2. The highest BCUT2D eigenvalue weighted by atomic mass is 32.2. The van der Waals surface area contributed by atoms with Crippen LogP contribution in [0.3, 0.4) is 0 Å². The molecule has 0 fully saturated rings. The zero-order valence-electron chi connectivity index (χ0n) is 13.7. The first-order valence-corrected chi connectivity index (χ1v) is 8.92. The van der Waals surface area contributed by atoms with Gasteiger partial charge in [-0.1, -0.05) is 0 Å². The number of aromatic nitrogens is 1. The van der Waals surface area contributed by atoms with E-state index in [0.29, 0.717) is 51.1 Å². The van der Waals surface area contributed by atoms with Crippen molar-refractivity contribution >= 4 is 21.2 Å². The van der Waals surface area contributed by atoms with Crippen LogP contribution >= 0.6 is 0 Å². The Hall–Kier alpha value is -1.52. The second-order valence-corrected chi connectivity index (χ2v) is 6.52. The van der Waals surface area contributed by atoms with Gasteiger partial charge >= 0.3 is 5.89 Å². The second kappa shape index (κ2) is 8.54. The van der Waals surface area contributed by atoms with E-state index in [1.54, 1.807) is 20.1 Å². The maximum Gasteiger partial charge on any atom is 0.344 e. The molecule has 0 saturated carbocycles. The largest absolute Gasteiger partial charge is 0.402 e. The van der Waals surface area contributed by atoms with E-state index < -0.39 is 10.1 Å². The third-order valence-corrected chi connectivity index (χ3v) is 4.27. The third-order valence-electron chi connectivity index (χ3n) is 3.42. The Morgan fingerprint density at radius 3 is 2.46 bits per heavy atom. The number of ether oxygens (including phenoxy) is 3. The molecule has 9 heteroatoms. The lowest BCUT2D eigenvalue weighted by Crippen LogP contribution is -2.37. The molecule has 1 aromatic carbocycles. The van der Waals surface area contributed by atoms with Gasteiger partial charge < -0.3 is 18.6 Å². The molecule has 134 valence electrons. The second-order valence-electron chi connectivity index (χ2n) is 5.09. The number of rotatable bonds is 10. The molecule has 1 heterocycles. The van der Waals surface area contributed by atoms with Crippen LogP contribution in [0.15, 0.2) is 27.5 Å². The van der Waals surface area contributed by atoms with Crippen molar-refractivity contribution in [3.63, 3.8) is 0 Å². The van der Waals surface area contributed by atoms with Crippen molar-refractivity contribution in [3.05, 3.63) is 24.1 Å². The van der Waals surface area contributed by atoms with E-state index in [4.69, 9.17) is 23.2 Å². The minimum Gasteiger partial charge on any atom is -0.402 e. The Bertz CT molecular complexity index is 769. The molecule has 0 aliphatic rings. The molecule has 0 saturated heterocycles. The minimum atomic E-state index is -4.25. The predicted octanol–water partition coefficient (Wildman–Crippen LogP) is 0.955. The molecule has 2 rings (SSSR count). The molecular formula is C15H22NO7S+. The van der Waals surface area contributed by atoms with Gasteiger partial charge in [-0.2, -0.15) is 13.0 Å². The Morgan fingerprint density at radius 2 is 1.79 bits per heavy atom. The molecule has 8 nitrogen and oxygen atoms in total. The van der Waals surface area contributed by atoms with E-state index in [9.17, 15) is 8.42 Å². The summed E-state index contributed by atoms with van der Waals surface area (Å²) in [4.78, 5) is -0.194. The van der Waals surface area contributed by atoms with E-state index >= 15 is 0 Å². The van der Waals surface area contributed by atoms with Crippen LogP contribution in [0, 0.1) is 6.92 Å². The van der Waals surface area contributed by atoms with Crippen molar-refractivity contribution < 1.29 is 36.2 Å². The van der Waals surface area contributed by atoms with Gasteiger partial charge in [0.1, 0.15) is 6.61 Å². The summed E-state index contributed by atoms with van der Waals surface area (Å²) in [6, 6.07) is 4.25. The summed E-state index contributed by atoms with van der Waals surface area (Å²) in [6.07, 6.45) is 0. The molecule has 0 amide bonds. The van der Waals surface area contributed by atoms with Crippen LogP contribution in [0.25, 0.3) is 11.1 Å². The summed E-state index contributed by atoms with van der Waals surface area (Å²) in [5.74, 6) is 0.623. The van der Waals surface area contributed by atoms with Crippen molar-refractivity contribution in [2.24, 2.45) is 0 Å². The lowest BCUT2D eigenvalue weighted by molar-refractivity contribution is -0.684. The lowest BCUT2D eigenvalue weighted by Gasteiger charge is -2.03. The molecule has 0 aliphatic heterocycles. The van der Waals surface area contributed by atoms with Gasteiger partial charge in [0, 0.05) is 19.2 Å². The molecule has 0 radical (unpaired) electrons. The highest BCUT2D eigenvalue weighted by Crippen LogP contribution is 2.18. The van der Waals surface area contributed by atoms with Crippen molar-refractivity contribution in [2.45, 2.75) is 18.4 Å². The fourth-order valence-corrected chi connectivity index (χ4v) is 2.74. The first-order chi connectivity index (χ1) is 11.4. The van der Waals surface area contributed by atoms with Gasteiger partial charge in [0.25, 0.3) is 15.6 Å². The van der Waals surface area contributed by atoms with Crippen LogP contribution in [-0.4, -0.2) is 53.1 Å². The standard InChI is InChI=1S/C15H21NO7S/c1-12-16(5-6-21-9-10-22-8-7-20-2)14-4-3-13(24(17,18)19)11-15(14)23-12/h3-4,11H,5-10H2,1-2H3/p+1. The van der Waals surface area contributed by atoms with Crippen LogP contribution in [0.5, 0.6) is 0 Å². The highest BCUT2D eigenvalue weighted by Gasteiger charge is 2.21. The number of nitrogens with zero attached hydrogens (tertiary/aromatic N) is 1. The van der Waals surface area contributed by atoms with Crippen molar-refractivity contribution in [3.8, 4) is 0 Å². The van der Waals surface area contributed by atoms with Gasteiger partial charge in [-0.25, -0.2) is 0 Å². The van der Waals surface area contributed by atoms with Crippen molar-refractivity contribution in [1.29, 1.82) is 0 Å². The maximum absolute atomic E-state index is 11.2. The van der Waals surface area contributed by atoms with E-state index in [2.05, 4.69) is 0 Å². The first-order valence-electron chi connectivity index (χ1n) is 7.48. The lowest BCUT2D eigenvalue weighted by atomic mass is 10.3. The van der Waals surface area contributed by atoms with Crippen LogP contribution in [0.1, 0.15) is 5.89 Å². The molecule has 0 spiro atoms. The fraction of sp³-hybridized carbons (Fsp3) is 0.533. The Labute approximate surface area is 140 Å². The number of oxazole rings is 1. The number of aryl methyl sites for hydroxylation is 1. The fourth-order valence-electron chi connectivity index (χ4n) is 2.24. The highest BCUT2D eigenvalue weighted by molar-refractivity contribution is 7.85. The topological polar surface area (TPSA) is 99.1 Å². The quantitative estimate of drug-likeness (QED) is 0.383. The molecule has 2 aromatic rings. The Morgan fingerprint density at radius 1 is 1.12 bits per heavy atom. The van der Waals surface area contributed by atoms with E-state index in [-0.39, 0.29) is 4.90 Å². The third kappa shape index (κ3) is 4.99. The number of benzene rings is 1. The number of hydrogen-bond donors (Lipinski definition) is 1. The van der Waals surface area contributed by atoms with Gasteiger partial charge in [-0.15, -0.1) is 0 Å². The minimum absolute atomic E-state index is 0.194. The Kier molecular flexibility index (Phi) is 6.69. The van der Waals surface area contributed by atoms with Gasteiger partial charge in [0.15, 0.2) is 6.54 Å². The van der Waals surface area contributed by atoms with Gasteiger partial charge in [-0.05, 0) is 6.07 Å². The van der Waals surface area contributed by atoms with Crippen LogP contribution in [-0.2, 0) is 30.9 Å². The number of fused-ring (bicyclic) bond motifs is 1. The smallest absolute Gasteiger partial charge is 0.344 e. The normalized spacial score (nSPS) is 12.1. The van der Waals surface area contributed by atoms with Crippen LogP contribution in [0.2, 0.25) is 0 Å². The predicted molar refractivity (Wildman–Crippen MR) is 84.5 cm³/mol. The van der Waals surface area contributed by atoms with Crippen molar-refractivity contribution in [2.75, 3.05) is 40.1 Å². The number of hydrogen-bond acceptors (Lipinski definition) is 6. The molecule has 1 N–H and O–H groups in total. The number of methoxy groups -OCH3 is 1. The summed E-state index contributed by atoms with van der Waals surface area (Å²) in [5, 5.41) is 0. The summed E-state index contributed by atoms with van der Waals surface area (Å²) < 4.78 is 54.5. The molecule has 0 atom stereocenters. The molecule has 24 heavy (non-hydrogen) atoms. The average molecular weight is 360 g/mol. The molecule has 0 aliphatic carbocycles. The van der Waals surface area contributed by atoms with Crippen LogP contribution in [0.4, 0.5) is 0 Å². The summed E-state index contributed by atoms with van der Waals surface area (Å²) in [7, 11) is -2.63. The van der Waals surface area contributed by atoms with Gasteiger partial charge in [0.2, 0.25) is 5.58 Å². The zero-order valence-corrected chi connectivity index (χ0v) is 14.5. The monoisotopic (exact) mass is 360 g/mol. The summed E-state index contributed by atoms with van der Waals surface area (Å²) in [5.41, 5.74) is 1.13. The summed E-state index contributed by atoms with van der Waals surface area (Å²) >= 11 is 0. The van der Waals surface area contributed by atoms with Crippen molar-refractivity contribution in [1.82, 2.24) is 0 Å².